The maximum absolute atomic E-state index is 13.3. The molecule has 4 heterocycles. The number of piperidine rings is 1. The molecule has 2 aliphatic heterocycles. The summed E-state index contributed by atoms with van der Waals surface area (Å²) in [5, 5.41) is 4.58. The summed E-state index contributed by atoms with van der Waals surface area (Å²) in [6.45, 7) is 5.33. The maximum atomic E-state index is 13.3. The lowest BCUT2D eigenvalue weighted by Gasteiger charge is -2.34. The van der Waals surface area contributed by atoms with Gasteiger partial charge in [-0.3, -0.25) is 4.79 Å². The standard InChI is InChI=1S/C29H32ClN5O4S/c1-17-28(18(2)39-32-17)19-5-7-24-23(15-19)31-29(35(24)20-11-13-33(14-12-20)40(4)37)25-8-10-27(36)34(25)21-6-9-26(38-3)22(30)16-21/h5-7,9,15-16,20,25H,8,10-14H2,1-4H3/t25-,40?/m0/s1. The normalized spacial score (nSPS) is 19.6. The third-order valence-electron chi connectivity index (χ3n) is 8.11. The van der Waals surface area contributed by atoms with Gasteiger partial charge >= 0.3 is 0 Å². The molecule has 0 spiro atoms. The Labute approximate surface area is 241 Å². The number of halogens is 1. The second-order valence-corrected chi connectivity index (χ2v) is 12.2. The molecule has 0 saturated carbocycles. The Bertz CT molecular complexity index is 1560. The molecule has 210 valence electrons. The number of imidazole rings is 1. The van der Waals surface area contributed by atoms with Crippen molar-refractivity contribution in [1.82, 2.24) is 19.0 Å². The molecule has 2 aliphatic rings. The van der Waals surface area contributed by atoms with E-state index in [1.165, 1.54) is 0 Å². The highest BCUT2D eigenvalue weighted by Gasteiger charge is 2.39. The van der Waals surface area contributed by atoms with Gasteiger partial charge in [0.05, 0.1) is 34.9 Å². The van der Waals surface area contributed by atoms with Crippen molar-refractivity contribution in [3.63, 3.8) is 0 Å². The molecule has 40 heavy (non-hydrogen) atoms. The van der Waals surface area contributed by atoms with Crippen LogP contribution in [0.25, 0.3) is 22.2 Å². The summed E-state index contributed by atoms with van der Waals surface area (Å²) in [6.07, 6.45) is 4.50. The van der Waals surface area contributed by atoms with Crippen LogP contribution in [0.1, 0.15) is 55.0 Å². The number of nitrogens with zero attached hydrogens (tertiary/aromatic N) is 5. The molecule has 2 aromatic carbocycles. The van der Waals surface area contributed by atoms with Gasteiger partial charge in [-0.2, -0.15) is 0 Å². The zero-order valence-electron chi connectivity index (χ0n) is 23.0. The van der Waals surface area contributed by atoms with Crippen molar-refractivity contribution in [3.05, 3.63) is 58.7 Å². The highest BCUT2D eigenvalue weighted by molar-refractivity contribution is 7.88. The molecule has 2 aromatic heterocycles. The Hall–Kier alpha value is -3.05. The number of hydrogen-bond acceptors (Lipinski definition) is 7. The molecule has 6 rings (SSSR count). The van der Waals surface area contributed by atoms with Gasteiger partial charge in [0.15, 0.2) is 0 Å². The zero-order valence-corrected chi connectivity index (χ0v) is 24.6. The number of rotatable bonds is 6. The molecule has 1 amide bonds. The third-order valence-corrected chi connectivity index (χ3v) is 9.50. The molecule has 11 heteroatoms. The lowest BCUT2D eigenvalue weighted by Crippen LogP contribution is -2.39. The van der Waals surface area contributed by atoms with Gasteiger partial charge in [-0.15, -0.1) is 4.31 Å². The fourth-order valence-electron chi connectivity index (χ4n) is 6.20. The number of hydrogen-bond donors (Lipinski definition) is 0. The van der Waals surface area contributed by atoms with Crippen LogP contribution in [0.2, 0.25) is 5.02 Å². The average Bonchev–Trinajstić information content (AvgIpc) is 3.62. The van der Waals surface area contributed by atoms with Crippen molar-refractivity contribution in [2.75, 3.05) is 31.4 Å². The minimum atomic E-state index is -0.996. The first-order chi connectivity index (χ1) is 19.3. The molecular weight excluding hydrogens is 550 g/mol. The topological polar surface area (TPSA) is 99.7 Å². The Balaban J connectivity index is 1.47. The number of methoxy groups -OCH3 is 1. The van der Waals surface area contributed by atoms with E-state index in [1.807, 2.05) is 29.1 Å². The van der Waals surface area contributed by atoms with Crippen LogP contribution < -0.4 is 9.64 Å². The molecule has 0 bridgehead atoms. The first-order valence-electron chi connectivity index (χ1n) is 13.5. The largest absolute Gasteiger partial charge is 0.598 e. The number of aryl methyl sites for hydroxylation is 2. The van der Waals surface area contributed by atoms with Gasteiger partial charge < -0.3 is 23.3 Å². The number of fused-ring (bicyclic) bond motifs is 1. The van der Waals surface area contributed by atoms with Crippen molar-refractivity contribution in [2.45, 2.75) is 51.6 Å². The van der Waals surface area contributed by atoms with Gasteiger partial charge in [0.25, 0.3) is 0 Å². The average molecular weight is 582 g/mol. The molecule has 0 N–H and O–H groups in total. The van der Waals surface area contributed by atoms with Crippen molar-refractivity contribution in [2.24, 2.45) is 0 Å². The van der Waals surface area contributed by atoms with Crippen molar-refractivity contribution in [3.8, 4) is 16.9 Å². The molecule has 2 saturated heterocycles. The van der Waals surface area contributed by atoms with E-state index in [-0.39, 0.29) is 18.0 Å². The quantitative estimate of drug-likeness (QED) is 0.267. The number of ether oxygens (including phenoxy) is 1. The molecule has 4 aromatic rings. The van der Waals surface area contributed by atoms with E-state index in [4.69, 9.17) is 25.8 Å². The van der Waals surface area contributed by atoms with E-state index in [1.54, 1.807) is 25.5 Å². The molecule has 2 fully saturated rings. The summed E-state index contributed by atoms with van der Waals surface area (Å²) in [6, 6.07) is 11.7. The van der Waals surface area contributed by atoms with Crippen LogP contribution in [0, 0.1) is 13.8 Å². The van der Waals surface area contributed by atoms with E-state index in [0.29, 0.717) is 23.6 Å². The van der Waals surface area contributed by atoms with Gasteiger partial charge in [-0.05, 0) is 69.0 Å². The first-order valence-corrected chi connectivity index (χ1v) is 15.3. The molecule has 0 radical (unpaired) electrons. The van der Waals surface area contributed by atoms with E-state index in [0.717, 1.165) is 71.1 Å². The fraction of sp³-hybridized carbons (Fsp3) is 0.414. The van der Waals surface area contributed by atoms with Gasteiger partial charge in [0.2, 0.25) is 5.91 Å². The van der Waals surface area contributed by atoms with Gasteiger partial charge in [0.1, 0.15) is 23.6 Å². The third kappa shape index (κ3) is 4.66. The summed E-state index contributed by atoms with van der Waals surface area (Å²) < 4.78 is 27.2. The van der Waals surface area contributed by atoms with Gasteiger partial charge in [0, 0.05) is 48.2 Å². The number of carbonyl (C=O) groups is 1. The Morgan fingerprint density at radius 3 is 2.55 bits per heavy atom. The monoisotopic (exact) mass is 581 g/mol. The second kappa shape index (κ2) is 10.7. The summed E-state index contributed by atoms with van der Waals surface area (Å²) in [5.74, 6) is 2.23. The van der Waals surface area contributed by atoms with Crippen LogP contribution in [0.15, 0.2) is 40.9 Å². The van der Waals surface area contributed by atoms with Gasteiger partial charge in [-0.1, -0.05) is 22.8 Å². The predicted molar refractivity (Wildman–Crippen MR) is 156 cm³/mol. The van der Waals surface area contributed by atoms with E-state index >= 15 is 0 Å². The smallest absolute Gasteiger partial charge is 0.227 e. The Morgan fingerprint density at radius 2 is 1.90 bits per heavy atom. The predicted octanol–water partition coefficient (Wildman–Crippen LogP) is 5.77. The summed E-state index contributed by atoms with van der Waals surface area (Å²) in [4.78, 5) is 20.3. The SMILES string of the molecule is COc1ccc(N2C(=O)CC[C@H]2c2nc3cc(-c4c(C)noc4C)ccc3n2C2CCN([S+](C)[O-])CC2)cc1Cl. The molecule has 1 unspecified atom stereocenters. The molecular formula is C29H32ClN5O4S. The fourth-order valence-corrected chi connectivity index (χ4v) is 7.18. The number of amides is 1. The second-order valence-electron chi connectivity index (χ2n) is 10.5. The van der Waals surface area contributed by atoms with Crippen molar-refractivity contribution < 1.29 is 18.6 Å². The molecule has 9 nitrogen and oxygen atoms in total. The Kier molecular flexibility index (Phi) is 7.28. The zero-order chi connectivity index (χ0) is 28.1. The summed E-state index contributed by atoms with van der Waals surface area (Å²) in [7, 11) is 1.57. The lowest BCUT2D eigenvalue weighted by atomic mass is 10.0. The molecule has 2 atom stereocenters. The summed E-state index contributed by atoms with van der Waals surface area (Å²) in [5.41, 5.74) is 5.42. The lowest BCUT2D eigenvalue weighted by molar-refractivity contribution is -0.117. The highest BCUT2D eigenvalue weighted by Crippen LogP contribution is 2.42. The van der Waals surface area contributed by atoms with Crippen LogP contribution in [0.4, 0.5) is 5.69 Å². The van der Waals surface area contributed by atoms with Gasteiger partial charge in [-0.25, -0.2) is 4.98 Å². The Morgan fingerprint density at radius 1 is 1.12 bits per heavy atom. The van der Waals surface area contributed by atoms with Crippen LogP contribution in [0.3, 0.4) is 0 Å². The summed E-state index contributed by atoms with van der Waals surface area (Å²) >= 11 is 5.48. The number of aromatic nitrogens is 3. The number of benzene rings is 2. The van der Waals surface area contributed by atoms with Crippen molar-refractivity contribution in [1.29, 1.82) is 0 Å². The van der Waals surface area contributed by atoms with Crippen LogP contribution >= 0.6 is 11.6 Å². The van der Waals surface area contributed by atoms with E-state index in [9.17, 15) is 9.35 Å². The van der Waals surface area contributed by atoms with Crippen LogP contribution in [-0.4, -0.2) is 55.9 Å². The van der Waals surface area contributed by atoms with E-state index < -0.39 is 11.4 Å². The number of carbonyl (C=O) groups excluding carboxylic acids is 1. The van der Waals surface area contributed by atoms with Crippen molar-refractivity contribution >= 4 is 45.6 Å². The first kappa shape index (κ1) is 27.1. The maximum Gasteiger partial charge on any atom is 0.227 e. The minimum absolute atomic E-state index is 0.0393. The van der Waals surface area contributed by atoms with E-state index in [2.05, 4.69) is 27.9 Å². The number of anilines is 1. The van der Waals surface area contributed by atoms with Crippen LogP contribution in [-0.2, 0) is 16.2 Å². The van der Waals surface area contributed by atoms with Crippen LogP contribution in [0.5, 0.6) is 5.75 Å². The highest BCUT2D eigenvalue weighted by atomic mass is 35.5. The minimum Gasteiger partial charge on any atom is -0.598 e. The molecule has 0 aliphatic carbocycles.